The molecule has 7 nitrogen and oxygen atoms in total. The fourth-order valence-electron chi connectivity index (χ4n) is 1.79. The Kier molecular flexibility index (Phi) is 5.42. The maximum atomic E-state index is 12.3. The summed E-state index contributed by atoms with van der Waals surface area (Å²) in [4.78, 5) is 23.7. The van der Waals surface area contributed by atoms with Crippen molar-refractivity contribution >= 4 is 27.6 Å². The van der Waals surface area contributed by atoms with Gasteiger partial charge in [0, 0.05) is 0 Å². The molecule has 0 aromatic heterocycles. The average molecular weight is 342 g/mol. The average Bonchev–Trinajstić information content (AvgIpc) is 2.34. The Hall–Kier alpha value is -2.09. The first kappa shape index (κ1) is 19.0. The number of nitrogens with one attached hydrogen (secondary N) is 1. The number of rotatable bonds is 5. The molecule has 3 N–H and O–H groups in total. The van der Waals surface area contributed by atoms with Crippen molar-refractivity contribution in [3.8, 4) is 0 Å². The Morgan fingerprint density at radius 3 is 2.26 bits per heavy atom. The van der Waals surface area contributed by atoms with Gasteiger partial charge in [-0.3, -0.25) is 9.52 Å². The Labute approximate surface area is 136 Å². The van der Waals surface area contributed by atoms with Crippen LogP contribution in [0.15, 0.2) is 18.2 Å². The summed E-state index contributed by atoms with van der Waals surface area (Å²) < 4.78 is 30.5. The molecule has 1 aromatic carbocycles. The van der Waals surface area contributed by atoms with Crippen molar-refractivity contribution in [2.24, 2.45) is 5.73 Å². The van der Waals surface area contributed by atoms with Crippen LogP contribution in [0.25, 0.3) is 0 Å². The number of esters is 1. The zero-order valence-corrected chi connectivity index (χ0v) is 14.7. The number of benzene rings is 1. The zero-order chi connectivity index (χ0) is 18.0. The summed E-state index contributed by atoms with van der Waals surface area (Å²) in [5.41, 5.74) is 5.13. The number of anilines is 1. The normalized spacial score (nSPS) is 13.3. The summed E-state index contributed by atoms with van der Waals surface area (Å²) in [6, 6.07) is 4.36. The largest absolute Gasteiger partial charge is 0.456 e. The van der Waals surface area contributed by atoms with Crippen molar-refractivity contribution in [2.45, 2.75) is 39.2 Å². The van der Waals surface area contributed by atoms with Gasteiger partial charge in [0.05, 0.1) is 23.4 Å². The highest BCUT2D eigenvalue weighted by Crippen LogP contribution is 2.25. The lowest BCUT2D eigenvalue weighted by Crippen LogP contribution is -2.25. The molecule has 8 heteroatoms. The molecule has 1 aromatic rings. The minimum absolute atomic E-state index is 0.0240. The smallest absolute Gasteiger partial charge is 0.340 e. The van der Waals surface area contributed by atoms with Crippen LogP contribution in [0.5, 0.6) is 0 Å². The van der Waals surface area contributed by atoms with E-state index in [-0.39, 0.29) is 11.3 Å². The number of primary amides is 1. The van der Waals surface area contributed by atoms with Crippen molar-refractivity contribution < 1.29 is 22.7 Å². The third-order valence-corrected chi connectivity index (χ3v) is 3.48. The Morgan fingerprint density at radius 2 is 1.83 bits per heavy atom. The van der Waals surface area contributed by atoms with Gasteiger partial charge < -0.3 is 10.5 Å². The number of hydrogen-bond donors (Lipinski definition) is 2. The molecule has 1 amide bonds. The van der Waals surface area contributed by atoms with E-state index in [1.807, 2.05) is 0 Å². The first-order chi connectivity index (χ1) is 10.3. The minimum Gasteiger partial charge on any atom is -0.456 e. The molecule has 0 aliphatic carbocycles. The molecule has 0 radical (unpaired) electrons. The highest BCUT2D eigenvalue weighted by molar-refractivity contribution is 7.92. The van der Waals surface area contributed by atoms with Gasteiger partial charge in [-0.2, -0.15) is 0 Å². The SMILES string of the molecule is CC(C(N)=O)c1ccc(NS(C)(=O)=O)c(C(=O)OC(C)(C)C)c1. The Morgan fingerprint density at radius 1 is 1.26 bits per heavy atom. The first-order valence-corrected chi connectivity index (χ1v) is 8.84. The highest BCUT2D eigenvalue weighted by Gasteiger charge is 2.23. The number of hydrogen-bond acceptors (Lipinski definition) is 5. The van der Waals surface area contributed by atoms with Gasteiger partial charge in [-0.05, 0) is 45.4 Å². The van der Waals surface area contributed by atoms with Crippen molar-refractivity contribution in [2.75, 3.05) is 11.0 Å². The Balaban J connectivity index is 3.37. The van der Waals surface area contributed by atoms with Gasteiger partial charge in [-0.15, -0.1) is 0 Å². The predicted octanol–water partition coefficient (Wildman–Crippen LogP) is 1.60. The summed E-state index contributed by atoms with van der Waals surface area (Å²) >= 11 is 0. The molecule has 0 heterocycles. The van der Waals surface area contributed by atoms with E-state index in [0.29, 0.717) is 5.56 Å². The molecule has 1 atom stereocenters. The molecule has 1 rings (SSSR count). The zero-order valence-electron chi connectivity index (χ0n) is 13.8. The number of nitrogens with two attached hydrogens (primary N) is 1. The molecule has 0 saturated heterocycles. The van der Waals surface area contributed by atoms with E-state index in [2.05, 4.69) is 4.72 Å². The monoisotopic (exact) mass is 342 g/mol. The third-order valence-electron chi connectivity index (χ3n) is 2.88. The fraction of sp³-hybridized carbons (Fsp3) is 0.467. The van der Waals surface area contributed by atoms with Gasteiger partial charge >= 0.3 is 5.97 Å². The molecule has 0 aliphatic heterocycles. The van der Waals surface area contributed by atoms with Gasteiger partial charge in [-0.25, -0.2) is 13.2 Å². The standard InChI is InChI=1S/C15H22N2O5S/c1-9(13(16)18)10-6-7-12(17-23(5,20)21)11(8-10)14(19)22-15(2,3)4/h6-9,17H,1-5H3,(H2,16,18). The van der Waals surface area contributed by atoms with Crippen LogP contribution >= 0.6 is 0 Å². The molecule has 0 bridgehead atoms. The molecule has 23 heavy (non-hydrogen) atoms. The van der Waals surface area contributed by atoms with Gasteiger partial charge in [0.2, 0.25) is 15.9 Å². The van der Waals surface area contributed by atoms with Crippen molar-refractivity contribution in [1.29, 1.82) is 0 Å². The van der Waals surface area contributed by atoms with E-state index in [1.165, 1.54) is 18.2 Å². The van der Waals surface area contributed by atoms with Crippen LogP contribution in [0.1, 0.15) is 49.5 Å². The molecule has 0 spiro atoms. The van der Waals surface area contributed by atoms with Crippen LogP contribution in [0.3, 0.4) is 0 Å². The van der Waals surface area contributed by atoms with Crippen molar-refractivity contribution in [1.82, 2.24) is 0 Å². The second-order valence-electron chi connectivity index (χ2n) is 6.31. The van der Waals surface area contributed by atoms with E-state index in [0.717, 1.165) is 6.26 Å². The van der Waals surface area contributed by atoms with Crippen molar-refractivity contribution in [3.05, 3.63) is 29.3 Å². The summed E-state index contributed by atoms with van der Waals surface area (Å²) in [6.45, 7) is 6.69. The second-order valence-corrected chi connectivity index (χ2v) is 8.05. The third kappa shape index (κ3) is 5.90. The van der Waals surface area contributed by atoms with Gasteiger partial charge in [0.25, 0.3) is 0 Å². The van der Waals surface area contributed by atoms with E-state index < -0.39 is 33.4 Å². The lowest BCUT2D eigenvalue weighted by atomic mass is 9.97. The lowest BCUT2D eigenvalue weighted by Gasteiger charge is -2.21. The topological polar surface area (TPSA) is 116 Å². The van der Waals surface area contributed by atoms with Crippen LogP contribution < -0.4 is 10.5 Å². The summed E-state index contributed by atoms with van der Waals surface area (Å²) in [7, 11) is -3.58. The lowest BCUT2D eigenvalue weighted by molar-refractivity contribution is -0.119. The van der Waals surface area contributed by atoms with Crippen LogP contribution in [-0.4, -0.2) is 32.2 Å². The highest BCUT2D eigenvalue weighted by atomic mass is 32.2. The van der Waals surface area contributed by atoms with E-state index >= 15 is 0 Å². The quantitative estimate of drug-likeness (QED) is 0.789. The van der Waals surface area contributed by atoms with Gasteiger partial charge in [-0.1, -0.05) is 6.07 Å². The first-order valence-electron chi connectivity index (χ1n) is 6.94. The van der Waals surface area contributed by atoms with Gasteiger partial charge in [0.15, 0.2) is 0 Å². The molecule has 128 valence electrons. The molecule has 0 aliphatic rings. The molecule has 0 saturated carbocycles. The van der Waals surface area contributed by atoms with Crippen molar-refractivity contribution in [3.63, 3.8) is 0 Å². The van der Waals surface area contributed by atoms with Crippen LogP contribution in [0.4, 0.5) is 5.69 Å². The van der Waals surface area contributed by atoms with E-state index in [1.54, 1.807) is 27.7 Å². The fourth-order valence-corrected chi connectivity index (χ4v) is 2.36. The minimum atomic E-state index is -3.58. The van der Waals surface area contributed by atoms with Crippen LogP contribution in [0.2, 0.25) is 0 Å². The number of ether oxygens (including phenoxy) is 1. The van der Waals surface area contributed by atoms with Crippen LogP contribution in [-0.2, 0) is 19.6 Å². The summed E-state index contributed by atoms with van der Waals surface area (Å²) in [6.07, 6.45) is 0.978. The van der Waals surface area contributed by atoms with Crippen LogP contribution in [0, 0.1) is 0 Å². The predicted molar refractivity (Wildman–Crippen MR) is 87.7 cm³/mol. The van der Waals surface area contributed by atoms with Gasteiger partial charge in [0.1, 0.15) is 5.60 Å². The molecule has 1 unspecified atom stereocenters. The summed E-state index contributed by atoms with van der Waals surface area (Å²) in [5.74, 6) is -1.87. The second kappa shape index (κ2) is 6.57. The number of carbonyl (C=O) groups excluding carboxylic acids is 2. The number of sulfonamides is 1. The molecule has 0 fully saturated rings. The number of amides is 1. The Bertz CT molecular complexity index is 720. The van der Waals surface area contributed by atoms with E-state index in [4.69, 9.17) is 10.5 Å². The molecular formula is C15H22N2O5S. The summed E-state index contributed by atoms with van der Waals surface area (Å²) in [5, 5.41) is 0. The molecular weight excluding hydrogens is 320 g/mol. The van der Waals surface area contributed by atoms with E-state index in [9.17, 15) is 18.0 Å². The number of carbonyl (C=O) groups is 2. The maximum Gasteiger partial charge on any atom is 0.340 e. The maximum absolute atomic E-state index is 12.3.